The van der Waals surface area contributed by atoms with Gasteiger partial charge in [-0.2, -0.15) is 5.10 Å². The predicted octanol–water partition coefficient (Wildman–Crippen LogP) is 4.26. The highest BCUT2D eigenvalue weighted by Crippen LogP contribution is 2.29. The highest BCUT2D eigenvalue weighted by Gasteiger charge is 2.24. The van der Waals surface area contributed by atoms with Crippen LogP contribution in [0.3, 0.4) is 0 Å². The van der Waals surface area contributed by atoms with E-state index in [-0.39, 0.29) is 12.1 Å². The molecule has 7 heteroatoms. The van der Waals surface area contributed by atoms with E-state index in [0.29, 0.717) is 6.04 Å². The number of anilines is 1. The molecule has 3 aromatic rings. The monoisotopic (exact) mass is 390 g/mol. The summed E-state index contributed by atoms with van der Waals surface area (Å²) in [5, 5.41) is 10.6. The topological polar surface area (TPSA) is 84.7 Å². The Morgan fingerprint density at radius 1 is 1.10 bits per heavy atom. The van der Waals surface area contributed by atoms with E-state index in [0.717, 1.165) is 42.6 Å². The summed E-state index contributed by atoms with van der Waals surface area (Å²) in [6, 6.07) is 8.25. The minimum Gasteiger partial charge on any atom is -0.335 e. The van der Waals surface area contributed by atoms with Gasteiger partial charge in [-0.1, -0.05) is 6.07 Å². The molecule has 2 amide bonds. The van der Waals surface area contributed by atoms with Crippen LogP contribution in [0.1, 0.15) is 42.9 Å². The number of aromatic nitrogens is 4. The molecule has 150 valence electrons. The fourth-order valence-corrected chi connectivity index (χ4v) is 3.79. The molecular weight excluding hydrogens is 364 g/mol. The molecule has 2 heterocycles. The molecule has 2 N–H and O–H groups in total. The summed E-state index contributed by atoms with van der Waals surface area (Å²) in [5.74, 6) is 0. The number of nitrogens with one attached hydrogen (secondary N) is 2. The van der Waals surface area contributed by atoms with Gasteiger partial charge in [0.1, 0.15) is 6.33 Å². The number of hydrogen-bond donors (Lipinski definition) is 2. The SMILES string of the molecule is Cc1ccc(NC(=O)NC2CCC(n3cc(-c4ccncn4)cn3)CC2)cc1C. The lowest BCUT2D eigenvalue weighted by Gasteiger charge is -2.29. The normalized spacial score (nSPS) is 19.0. The summed E-state index contributed by atoms with van der Waals surface area (Å²) in [6.45, 7) is 4.11. The van der Waals surface area contributed by atoms with Crippen molar-refractivity contribution in [3.8, 4) is 11.3 Å². The lowest BCUT2D eigenvalue weighted by molar-refractivity contribution is 0.236. The summed E-state index contributed by atoms with van der Waals surface area (Å²) >= 11 is 0. The van der Waals surface area contributed by atoms with Crippen molar-refractivity contribution < 1.29 is 4.79 Å². The van der Waals surface area contributed by atoms with Crippen LogP contribution in [0.25, 0.3) is 11.3 Å². The van der Waals surface area contributed by atoms with Crippen molar-refractivity contribution >= 4 is 11.7 Å². The fraction of sp³-hybridized carbons (Fsp3) is 0.364. The van der Waals surface area contributed by atoms with Crippen LogP contribution in [0.2, 0.25) is 0 Å². The standard InChI is InChI=1S/C22H26N6O/c1-15-3-4-19(11-16(15)2)27-22(29)26-18-5-7-20(8-6-18)28-13-17(12-25-28)21-9-10-23-14-24-21/h3-4,9-14,18,20H,5-8H2,1-2H3,(H2,26,27,29). The summed E-state index contributed by atoms with van der Waals surface area (Å²) in [7, 11) is 0. The number of urea groups is 1. The molecule has 0 bridgehead atoms. The van der Waals surface area contributed by atoms with Crippen molar-refractivity contribution in [1.82, 2.24) is 25.1 Å². The second kappa shape index (κ2) is 8.43. The number of amides is 2. The molecule has 0 unspecified atom stereocenters. The number of rotatable bonds is 4. The fourth-order valence-electron chi connectivity index (χ4n) is 3.79. The van der Waals surface area contributed by atoms with Gasteiger partial charge in [-0.05, 0) is 68.9 Å². The zero-order valence-corrected chi connectivity index (χ0v) is 16.8. The third kappa shape index (κ3) is 4.62. The quantitative estimate of drug-likeness (QED) is 0.697. The Kier molecular flexibility index (Phi) is 5.55. The van der Waals surface area contributed by atoms with Crippen LogP contribution < -0.4 is 10.6 Å². The number of benzene rings is 1. The maximum atomic E-state index is 12.3. The van der Waals surface area contributed by atoms with Crippen LogP contribution in [-0.4, -0.2) is 31.8 Å². The Bertz CT molecular complexity index is 976. The van der Waals surface area contributed by atoms with Gasteiger partial charge in [-0.3, -0.25) is 4.68 Å². The Morgan fingerprint density at radius 2 is 1.93 bits per heavy atom. The first-order chi connectivity index (χ1) is 14.1. The Hall–Kier alpha value is -3.22. The van der Waals surface area contributed by atoms with Gasteiger partial charge in [0.05, 0.1) is 17.9 Å². The van der Waals surface area contributed by atoms with Crippen molar-refractivity contribution in [3.63, 3.8) is 0 Å². The largest absolute Gasteiger partial charge is 0.335 e. The highest BCUT2D eigenvalue weighted by atomic mass is 16.2. The van der Waals surface area contributed by atoms with Gasteiger partial charge in [0, 0.05) is 29.7 Å². The maximum Gasteiger partial charge on any atom is 0.319 e. The molecule has 0 saturated heterocycles. The van der Waals surface area contributed by atoms with Crippen LogP contribution in [0.4, 0.5) is 10.5 Å². The average molecular weight is 390 g/mol. The number of hydrogen-bond acceptors (Lipinski definition) is 4. The van der Waals surface area contributed by atoms with E-state index in [2.05, 4.69) is 32.6 Å². The zero-order valence-electron chi connectivity index (χ0n) is 16.8. The molecule has 1 fully saturated rings. The van der Waals surface area contributed by atoms with E-state index in [4.69, 9.17) is 0 Å². The first-order valence-corrected chi connectivity index (χ1v) is 10.0. The van der Waals surface area contributed by atoms with Crippen molar-refractivity contribution in [1.29, 1.82) is 0 Å². The minimum atomic E-state index is -0.137. The minimum absolute atomic E-state index is 0.137. The van der Waals surface area contributed by atoms with E-state index in [1.165, 1.54) is 11.1 Å². The molecule has 2 aromatic heterocycles. The Balaban J connectivity index is 1.29. The Morgan fingerprint density at radius 3 is 2.66 bits per heavy atom. The van der Waals surface area contributed by atoms with E-state index < -0.39 is 0 Å². The van der Waals surface area contributed by atoms with Gasteiger partial charge in [0.2, 0.25) is 0 Å². The molecule has 0 radical (unpaired) electrons. The van der Waals surface area contributed by atoms with E-state index in [1.807, 2.05) is 48.3 Å². The average Bonchev–Trinajstić information content (AvgIpc) is 3.22. The van der Waals surface area contributed by atoms with Gasteiger partial charge < -0.3 is 10.6 Å². The number of aryl methyl sites for hydroxylation is 2. The van der Waals surface area contributed by atoms with Gasteiger partial charge in [-0.15, -0.1) is 0 Å². The molecule has 1 saturated carbocycles. The number of nitrogens with zero attached hydrogens (tertiary/aromatic N) is 4. The van der Waals surface area contributed by atoms with E-state index in [9.17, 15) is 4.79 Å². The molecule has 1 aliphatic carbocycles. The van der Waals surface area contributed by atoms with Crippen LogP contribution in [0, 0.1) is 13.8 Å². The molecule has 29 heavy (non-hydrogen) atoms. The molecule has 1 aromatic carbocycles. The lowest BCUT2D eigenvalue weighted by Crippen LogP contribution is -2.40. The van der Waals surface area contributed by atoms with Gasteiger partial charge in [-0.25, -0.2) is 14.8 Å². The summed E-state index contributed by atoms with van der Waals surface area (Å²) in [4.78, 5) is 20.6. The highest BCUT2D eigenvalue weighted by molar-refractivity contribution is 5.89. The first-order valence-electron chi connectivity index (χ1n) is 10.0. The molecular formula is C22H26N6O. The lowest BCUT2D eigenvalue weighted by atomic mass is 9.91. The molecule has 0 atom stereocenters. The molecule has 0 spiro atoms. The van der Waals surface area contributed by atoms with Crippen LogP contribution in [-0.2, 0) is 0 Å². The molecule has 0 aliphatic heterocycles. The van der Waals surface area contributed by atoms with Crippen molar-refractivity contribution in [2.75, 3.05) is 5.32 Å². The van der Waals surface area contributed by atoms with Crippen LogP contribution >= 0.6 is 0 Å². The van der Waals surface area contributed by atoms with E-state index >= 15 is 0 Å². The van der Waals surface area contributed by atoms with Crippen molar-refractivity contribution in [3.05, 3.63) is 60.3 Å². The van der Waals surface area contributed by atoms with Crippen LogP contribution in [0.15, 0.2) is 49.2 Å². The maximum absolute atomic E-state index is 12.3. The second-order valence-electron chi connectivity index (χ2n) is 7.71. The van der Waals surface area contributed by atoms with E-state index in [1.54, 1.807) is 12.5 Å². The summed E-state index contributed by atoms with van der Waals surface area (Å²) < 4.78 is 2.03. The molecule has 1 aliphatic rings. The second-order valence-corrected chi connectivity index (χ2v) is 7.71. The molecule has 4 rings (SSSR count). The smallest absolute Gasteiger partial charge is 0.319 e. The third-order valence-electron chi connectivity index (χ3n) is 5.65. The third-order valence-corrected chi connectivity index (χ3v) is 5.65. The van der Waals surface area contributed by atoms with Crippen molar-refractivity contribution in [2.24, 2.45) is 0 Å². The number of carbonyl (C=O) groups excluding carboxylic acids is 1. The van der Waals surface area contributed by atoms with Gasteiger partial charge >= 0.3 is 6.03 Å². The van der Waals surface area contributed by atoms with Gasteiger partial charge in [0.25, 0.3) is 0 Å². The summed E-state index contributed by atoms with van der Waals surface area (Å²) in [5.41, 5.74) is 5.10. The van der Waals surface area contributed by atoms with Gasteiger partial charge in [0.15, 0.2) is 0 Å². The summed E-state index contributed by atoms with van der Waals surface area (Å²) in [6.07, 6.45) is 11.0. The first kappa shape index (κ1) is 19.1. The predicted molar refractivity (Wildman–Crippen MR) is 113 cm³/mol. The van der Waals surface area contributed by atoms with Crippen LogP contribution in [0.5, 0.6) is 0 Å². The zero-order chi connectivity index (χ0) is 20.2. The number of carbonyl (C=O) groups is 1. The van der Waals surface area contributed by atoms with Crippen molar-refractivity contribution in [2.45, 2.75) is 51.6 Å². The Labute approximate surface area is 170 Å². The molecule has 7 nitrogen and oxygen atoms in total.